The molecule has 0 saturated carbocycles. The van der Waals surface area contributed by atoms with Crippen molar-refractivity contribution < 1.29 is 9.47 Å². The first-order valence-corrected chi connectivity index (χ1v) is 5.68. The highest BCUT2D eigenvalue weighted by atomic mass is 16.5. The highest BCUT2D eigenvalue weighted by Crippen LogP contribution is 2.12. The molecular weight excluding hydrogens is 200 g/mol. The average Bonchev–Trinajstić information content (AvgIpc) is 2.34. The fraction of sp³-hybridized carbons (Fsp3) is 0.429. The third kappa shape index (κ3) is 4.99. The van der Waals surface area contributed by atoms with Crippen molar-refractivity contribution in [2.45, 2.75) is 25.9 Å². The van der Waals surface area contributed by atoms with Gasteiger partial charge in [-0.05, 0) is 37.0 Å². The molecule has 0 aliphatic rings. The van der Waals surface area contributed by atoms with E-state index >= 15 is 0 Å². The van der Waals surface area contributed by atoms with Gasteiger partial charge < -0.3 is 9.47 Å². The largest absolute Gasteiger partial charge is 0.497 e. The molecule has 1 aromatic rings. The Morgan fingerprint density at radius 1 is 1.19 bits per heavy atom. The minimum atomic E-state index is 0.679. The second-order valence-electron chi connectivity index (χ2n) is 3.69. The number of hydrogen-bond acceptors (Lipinski definition) is 2. The van der Waals surface area contributed by atoms with Crippen LogP contribution in [0.3, 0.4) is 0 Å². The van der Waals surface area contributed by atoms with Crippen LogP contribution in [0.5, 0.6) is 5.75 Å². The van der Waals surface area contributed by atoms with Crippen LogP contribution in [0.15, 0.2) is 36.9 Å². The SMILES string of the molecule is C=CCCCCOCc1ccc(OC)cc1. The molecule has 0 fully saturated rings. The molecular formula is C14H20O2. The lowest BCUT2D eigenvalue weighted by molar-refractivity contribution is 0.117. The molecule has 16 heavy (non-hydrogen) atoms. The summed E-state index contributed by atoms with van der Waals surface area (Å²) < 4.78 is 10.7. The maximum Gasteiger partial charge on any atom is 0.118 e. The summed E-state index contributed by atoms with van der Waals surface area (Å²) in [5, 5.41) is 0. The molecule has 0 heterocycles. The van der Waals surface area contributed by atoms with Gasteiger partial charge in [0.1, 0.15) is 5.75 Å². The summed E-state index contributed by atoms with van der Waals surface area (Å²) in [6, 6.07) is 7.97. The molecule has 88 valence electrons. The van der Waals surface area contributed by atoms with Crippen molar-refractivity contribution >= 4 is 0 Å². The van der Waals surface area contributed by atoms with Crippen LogP contribution < -0.4 is 4.74 Å². The van der Waals surface area contributed by atoms with Crippen molar-refractivity contribution in [3.8, 4) is 5.75 Å². The second-order valence-corrected chi connectivity index (χ2v) is 3.69. The predicted octanol–water partition coefficient (Wildman–Crippen LogP) is 3.57. The lowest BCUT2D eigenvalue weighted by Crippen LogP contribution is -1.95. The summed E-state index contributed by atoms with van der Waals surface area (Å²) in [5.41, 5.74) is 1.18. The van der Waals surface area contributed by atoms with Crippen LogP contribution >= 0.6 is 0 Å². The third-order valence-electron chi connectivity index (χ3n) is 2.37. The van der Waals surface area contributed by atoms with Crippen molar-refractivity contribution in [3.05, 3.63) is 42.5 Å². The van der Waals surface area contributed by atoms with Crippen molar-refractivity contribution in [1.82, 2.24) is 0 Å². The maximum atomic E-state index is 5.56. The normalized spacial score (nSPS) is 10.1. The van der Waals surface area contributed by atoms with E-state index in [9.17, 15) is 0 Å². The van der Waals surface area contributed by atoms with Crippen molar-refractivity contribution in [2.24, 2.45) is 0 Å². The topological polar surface area (TPSA) is 18.5 Å². The van der Waals surface area contributed by atoms with Gasteiger partial charge in [0.2, 0.25) is 0 Å². The highest BCUT2D eigenvalue weighted by Gasteiger charge is 1.94. The summed E-state index contributed by atoms with van der Waals surface area (Å²) in [6.07, 6.45) is 5.28. The van der Waals surface area contributed by atoms with Crippen LogP contribution in [-0.4, -0.2) is 13.7 Å². The molecule has 1 aromatic carbocycles. The van der Waals surface area contributed by atoms with Gasteiger partial charge in [-0.25, -0.2) is 0 Å². The molecule has 0 saturated heterocycles. The van der Waals surface area contributed by atoms with Gasteiger partial charge in [0.25, 0.3) is 0 Å². The number of methoxy groups -OCH3 is 1. The molecule has 0 aliphatic carbocycles. The highest BCUT2D eigenvalue weighted by molar-refractivity contribution is 5.26. The lowest BCUT2D eigenvalue weighted by atomic mass is 10.2. The van der Waals surface area contributed by atoms with Crippen LogP contribution in [0.25, 0.3) is 0 Å². The van der Waals surface area contributed by atoms with E-state index in [0.717, 1.165) is 31.6 Å². The predicted molar refractivity (Wildman–Crippen MR) is 66.7 cm³/mol. The van der Waals surface area contributed by atoms with E-state index in [4.69, 9.17) is 9.47 Å². The fourth-order valence-corrected chi connectivity index (χ4v) is 1.40. The standard InChI is InChI=1S/C14H20O2/c1-3-4-5-6-11-16-12-13-7-9-14(15-2)10-8-13/h3,7-10H,1,4-6,11-12H2,2H3. The van der Waals surface area contributed by atoms with Crippen LogP contribution in [0.4, 0.5) is 0 Å². The van der Waals surface area contributed by atoms with Crippen molar-refractivity contribution in [2.75, 3.05) is 13.7 Å². The average molecular weight is 220 g/mol. The van der Waals surface area contributed by atoms with E-state index in [-0.39, 0.29) is 0 Å². The summed E-state index contributed by atoms with van der Waals surface area (Å²) in [4.78, 5) is 0. The number of ether oxygens (including phenoxy) is 2. The fourth-order valence-electron chi connectivity index (χ4n) is 1.40. The van der Waals surface area contributed by atoms with E-state index in [1.54, 1.807) is 7.11 Å². The Balaban J connectivity index is 2.14. The molecule has 0 amide bonds. The third-order valence-corrected chi connectivity index (χ3v) is 2.37. The maximum absolute atomic E-state index is 5.56. The van der Waals surface area contributed by atoms with Crippen LogP contribution in [0.1, 0.15) is 24.8 Å². The number of unbranched alkanes of at least 4 members (excludes halogenated alkanes) is 2. The number of allylic oxidation sites excluding steroid dienone is 1. The van der Waals surface area contributed by atoms with Crippen LogP contribution in [0, 0.1) is 0 Å². The Kier molecular flexibility index (Phi) is 6.35. The van der Waals surface area contributed by atoms with Crippen molar-refractivity contribution in [3.63, 3.8) is 0 Å². The zero-order valence-electron chi connectivity index (χ0n) is 9.95. The minimum absolute atomic E-state index is 0.679. The second kappa shape index (κ2) is 7.94. The van der Waals surface area contributed by atoms with E-state index in [2.05, 4.69) is 6.58 Å². The lowest BCUT2D eigenvalue weighted by Gasteiger charge is -2.05. The molecule has 0 unspecified atom stereocenters. The molecule has 1 rings (SSSR count). The summed E-state index contributed by atoms with van der Waals surface area (Å²) >= 11 is 0. The summed E-state index contributed by atoms with van der Waals surface area (Å²) in [5.74, 6) is 0.884. The zero-order valence-corrected chi connectivity index (χ0v) is 9.95. The first-order chi connectivity index (χ1) is 7.86. The Morgan fingerprint density at radius 3 is 2.56 bits per heavy atom. The molecule has 0 aliphatic heterocycles. The Labute approximate surface area is 97.9 Å². The Morgan fingerprint density at radius 2 is 1.94 bits per heavy atom. The summed E-state index contributed by atoms with van der Waals surface area (Å²) in [7, 11) is 1.67. The van der Waals surface area contributed by atoms with E-state index in [1.807, 2.05) is 30.3 Å². The molecule has 0 bridgehead atoms. The number of rotatable bonds is 8. The first-order valence-electron chi connectivity index (χ1n) is 5.68. The van der Waals surface area contributed by atoms with Gasteiger partial charge >= 0.3 is 0 Å². The zero-order chi connectivity index (χ0) is 11.6. The smallest absolute Gasteiger partial charge is 0.118 e. The van der Waals surface area contributed by atoms with Crippen molar-refractivity contribution in [1.29, 1.82) is 0 Å². The monoisotopic (exact) mass is 220 g/mol. The first kappa shape index (κ1) is 12.8. The number of hydrogen-bond donors (Lipinski definition) is 0. The Hall–Kier alpha value is -1.28. The molecule has 0 N–H and O–H groups in total. The van der Waals surface area contributed by atoms with Gasteiger partial charge in [0, 0.05) is 6.61 Å². The van der Waals surface area contributed by atoms with E-state index in [1.165, 1.54) is 5.56 Å². The van der Waals surface area contributed by atoms with E-state index in [0.29, 0.717) is 6.61 Å². The van der Waals surface area contributed by atoms with Crippen LogP contribution in [0.2, 0.25) is 0 Å². The molecule has 0 atom stereocenters. The van der Waals surface area contributed by atoms with Gasteiger partial charge in [0.15, 0.2) is 0 Å². The molecule has 2 nitrogen and oxygen atoms in total. The Bertz CT molecular complexity index is 290. The van der Waals surface area contributed by atoms with Gasteiger partial charge in [-0.15, -0.1) is 6.58 Å². The number of benzene rings is 1. The summed E-state index contributed by atoms with van der Waals surface area (Å²) in [6.45, 7) is 5.19. The quantitative estimate of drug-likeness (QED) is 0.492. The van der Waals surface area contributed by atoms with E-state index < -0.39 is 0 Å². The van der Waals surface area contributed by atoms with Crippen LogP contribution in [-0.2, 0) is 11.3 Å². The molecule has 0 radical (unpaired) electrons. The van der Waals surface area contributed by atoms with Gasteiger partial charge in [0.05, 0.1) is 13.7 Å². The molecule has 2 heteroatoms. The minimum Gasteiger partial charge on any atom is -0.497 e. The van der Waals surface area contributed by atoms with Gasteiger partial charge in [-0.3, -0.25) is 0 Å². The molecule has 0 spiro atoms. The van der Waals surface area contributed by atoms with Gasteiger partial charge in [-0.2, -0.15) is 0 Å². The molecule has 0 aromatic heterocycles. The van der Waals surface area contributed by atoms with Gasteiger partial charge in [-0.1, -0.05) is 18.2 Å².